The highest BCUT2D eigenvalue weighted by Crippen LogP contribution is 2.39. The molecule has 210 valence electrons. The van der Waals surface area contributed by atoms with Crippen LogP contribution in [0.3, 0.4) is 0 Å². The average molecular weight is 555 g/mol. The molecule has 39 heavy (non-hydrogen) atoms. The fourth-order valence-corrected chi connectivity index (χ4v) is 6.73. The first kappa shape index (κ1) is 27.7. The molecule has 0 saturated carbocycles. The van der Waals surface area contributed by atoms with Gasteiger partial charge in [0.25, 0.3) is 0 Å². The number of aliphatic hydroxyl groups is 1. The second-order valence-electron chi connectivity index (χ2n) is 11.4. The van der Waals surface area contributed by atoms with E-state index in [1.807, 2.05) is 13.1 Å². The van der Waals surface area contributed by atoms with E-state index < -0.39 is 22.6 Å². The van der Waals surface area contributed by atoms with Gasteiger partial charge in [-0.25, -0.2) is 14.4 Å². The van der Waals surface area contributed by atoms with Crippen molar-refractivity contribution < 1.29 is 13.7 Å². The van der Waals surface area contributed by atoms with Gasteiger partial charge >= 0.3 is 0 Å². The van der Waals surface area contributed by atoms with Crippen LogP contribution in [0.25, 0.3) is 10.8 Å². The second-order valence-corrected chi connectivity index (χ2v) is 13.2. The number of anilines is 4. The third-order valence-electron chi connectivity index (χ3n) is 8.22. The van der Waals surface area contributed by atoms with Crippen LogP contribution in [0.5, 0.6) is 0 Å². The summed E-state index contributed by atoms with van der Waals surface area (Å²) in [4.78, 5) is 17.9. The van der Waals surface area contributed by atoms with E-state index in [0.717, 1.165) is 28.8 Å². The lowest BCUT2D eigenvalue weighted by Gasteiger charge is -2.48. The second kappa shape index (κ2) is 11.0. The first-order chi connectivity index (χ1) is 18.6. The number of hydrogen-bond acceptors (Lipinski definition) is 8. The Balaban J connectivity index is 1.40. The van der Waals surface area contributed by atoms with Gasteiger partial charge < -0.3 is 20.2 Å². The predicted molar refractivity (Wildman–Crippen MR) is 157 cm³/mol. The maximum atomic E-state index is 14.7. The summed E-state index contributed by atoms with van der Waals surface area (Å²) in [5.74, 6) is 3.90. The number of benzene rings is 1. The van der Waals surface area contributed by atoms with E-state index in [-0.39, 0.29) is 6.54 Å². The maximum Gasteiger partial charge on any atom is 0.227 e. The summed E-state index contributed by atoms with van der Waals surface area (Å²) in [5.41, 5.74) is 0.690. The van der Waals surface area contributed by atoms with Crippen LogP contribution < -0.4 is 15.1 Å². The lowest BCUT2D eigenvalue weighted by atomic mass is 9.88. The van der Waals surface area contributed by atoms with Crippen molar-refractivity contribution in [1.29, 1.82) is 0 Å². The molecule has 2 aliphatic rings. The lowest BCUT2D eigenvalue weighted by molar-refractivity contribution is -0.00860. The number of aromatic nitrogens is 3. The van der Waals surface area contributed by atoms with E-state index in [0.29, 0.717) is 54.2 Å². The van der Waals surface area contributed by atoms with Gasteiger partial charge in [-0.3, -0.25) is 4.21 Å². The summed E-state index contributed by atoms with van der Waals surface area (Å²) in [6.07, 6.45) is 2.92. The smallest absolute Gasteiger partial charge is 0.227 e. The molecular weight excluding hydrogens is 515 g/mol. The van der Waals surface area contributed by atoms with E-state index in [2.05, 4.69) is 59.2 Å². The van der Waals surface area contributed by atoms with Crippen LogP contribution in [0.2, 0.25) is 0 Å². The molecule has 5 atom stereocenters. The molecule has 2 saturated heterocycles. The molecular formula is C29H39FN6O2S. The largest absolute Gasteiger partial charge is 0.390 e. The molecule has 0 unspecified atom stereocenters. The van der Waals surface area contributed by atoms with E-state index in [9.17, 15) is 13.7 Å². The van der Waals surface area contributed by atoms with Gasteiger partial charge in [-0.2, -0.15) is 4.98 Å². The number of fused-ring (bicyclic) bond motifs is 1. The van der Waals surface area contributed by atoms with Crippen molar-refractivity contribution in [2.24, 2.45) is 5.92 Å². The lowest BCUT2D eigenvalue weighted by Crippen LogP contribution is -2.56. The van der Waals surface area contributed by atoms with Gasteiger partial charge in [0, 0.05) is 70.8 Å². The van der Waals surface area contributed by atoms with Crippen LogP contribution >= 0.6 is 0 Å². The Morgan fingerprint density at radius 3 is 2.72 bits per heavy atom. The summed E-state index contributed by atoms with van der Waals surface area (Å²) in [6.45, 7) is 11.4. The number of rotatable bonds is 8. The maximum absolute atomic E-state index is 14.7. The molecule has 3 aromatic rings. The minimum atomic E-state index is -1.71. The van der Waals surface area contributed by atoms with Crippen LogP contribution in [0.15, 0.2) is 36.7 Å². The number of alkyl halides is 1. The Hall–Kier alpha value is -2.85. The number of pyridine rings is 1. The highest BCUT2D eigenvalue weighted by atomic mass is 32.2. The molecule has 0 spiro atoms. The first-order valence-electron chi connectivity index (χ1n) is 13.8. The average Bonchev–Trinajstić information content (AvgIpc) is 2.91. The molecule has 2 aliphatic heterocycles. The monoisotopic (exact) mass is 554 g/mol. The molecule has 8 nitrogen and oxygen atoms in total. The van der Waals surface area contributed by atoms with Gasteiger partial charge in [-0.1, -0.05) is 26.8 Å². The van der Waals surface area contributed by atoms with Crippen LogP contribution in [0, 0.1) is 5.92 Å². The standard InChI is InChI=1S/C29H39FN6O2S/c1-6-39(38)16-20-15-36(19(20)4)24-8-7-21(18(2)3)22-13-27(32-14-23(22)24)33-26-9-11-31-28(34-26)35-12-10-25(37)29(5,30)17-35/h7-9,11,13-14,18-20,25,37H,6,10,12,15-17H2,1-5H3,(H,31,32,33,34)/t19-,20-,25-,29+,39+/m0/s1. The summed E-state index contributed by atoms with van der Waals surface area (Å²) in [7, 11) is -0.757. The number of nitrogens with one attached hydrogen (secondary N) is 1. The van der Waals surface area contributed by atoms with Crippen molar-refractivity contribution in [2.45, 2.75) is 64.8 Å². The van der Waals surface area contributed by atoms with Crippen molar-refractivity contribution in [3.63, 3.8) is 0 Å². The van der Waals surface area contributed by atoms with Crippen molar-refractivity contribution in [3.05, 3.63) is 42.2 Å². The van der Waals surface area contributed by atoms with E-state index in [1.165, 1.54) is 12.5 Å². The first-order valence-corrected chi connectivity index (χ1v) is 15.3. The minimum absolute atomic E-state index is 0.0382. The van der Waals surface area contributed by atoms with Crippen molar-refractivity contribution >= 4 is 44.8 Å². The Bertz CT molecular complexity index is 1370. The van der Waals surface area contributed by atoms with Gasteiger partial charge in [-0.15, -0.1) is 0 Å². The third kappa shape index (κ3) is 5.59. The summed E-state index contributed by atoms with van der Waals surface area (Å²) in [6, 6.07) is 8.57. The van der Waals surface area contributed by atoms with Crippen molar-refractivity contribution in [1.82, 2.24) is 15.0 Å². The zero-order valence-electron chi connectivity index (χ0n) is 23.4. The Labute approximate surface area is 232 Å². The van der Waals surface area contributed by atoms with Crippen molar-refractivity contribution in [2.75, 3.05) is 46.3 Å². The zero-order chi connectivity index (χ0) is 27.9. The van der Waals surface area contributed by atoms with Crippen LogP contribution in [-0.2, 0) is 10.8 Å². The highest BCUT2D eigenvalue weighted by Gasteiger charge is 2.40. The quantitative estimate of drug-likeness (QED) is 0.411. The Kier molecular flexibility index (Phi) is 7.79. The van der Waals surface area contributed by atoms with E-state index >= 15 is 0 Å². The molecule has 0 radical (unpaired) electrons. The molecule has 2 fully saturated rings. The summed E-state index contributed by atoms with van der Waals surface area (Å²) >= 11 is 0. The number of piperidine rings is 1. The van der Waals surface area contributed by atoms with E-state index in [1.54, 1.807) is 17.2 Å². The number of aliphatic hydroxyl groups excluding tert-OH is 1. The molecule has 0 bridgehead atoms. The minimum Gasteiger partial charge on any atom is -0.390 e. The SMILES string of the molecule is CC[S@@](=O)C[C@@H]1CN(c2ccc(C(C)C)c3cc(Nc4ccnc(N5CC[C@H](O)[C@](C)(F)C5)n4)ncc23)[C@H]1C. The van der Waals surface area contributed by atoms with Gasteiger partial charge in [0.05, 0.1) is 12.6 Å². The molecule has 2 N–H and O–H groups in total. The molecule has 1 aromatic carbocycles. The number of hydrogen-bond donors (Lipinski definition) is 2. The molecule has 10 heteroatoms. The number of nitrogens with zero attached hydrogens (tertiary/aromatic N) is 5. The summed E-state index contributed by atoms with van der Waals surface area (Å²) < 4.78 is 26.9. The van der Waals surface area contributed by atoms with Crippen LogP contribution in [0.4, 0.5) is 27.7 Å². The number of halogens is 1. The topological polar surface area (TPSA) is 94.5 Å². The van der Waals surface area contributed by atoms with Crippen LogP contribution in [-0.4, -0.2) is 73.2 Å². The normalized spacial score (nSPS) is 26.1. The predicted octanol–water partition coefficient (Wildman–Crippen LogP) is 4.78. The van der Waals surface area contributed by atoms with Gasteiger partial charge in [0.1, 0.15) is 11.6 Å². The van der Waals surface area contributed by atoms with Gasteiger partial charge in [0.2, 0.25) is 5.95 Å². The summed E-state index contributed by atoms with van der Waals surface area (Å²) in [5, 5.41) is 15.5. The Morgan fingerprint density at radius 2 is 2.03 bits per heavy atom. The molecule has 4 heterocycles. The Morgan fingerprint density at radius 1 is 1.23 bits per heavy atom. The van der Waals surface area contributed by atoms with Gasteiger partial charge in [-0.05, 0) is 55.3 Å². The molecule has 0 aliphatic carbocycles. The van der Waals surface area contributed by atoms with E-state index in [4.69, 9.17) is 4.98 Å². The van der Waals surface area contributed by atoms with Crippen LogP contribution in [0.1, 0.15) is 52.5 Å². The fraction of sp³-hybridized carbons (Fsp3) is 0.552. The molecule has 2 aromatic heterocycles. The molecule has 0 amide bonds. The van der Waals surface area contributed by atoms with Gasteiger partial charge in [0.15, 0.2) is 5.67 Å². The molecule has 5 rings (SSSR count). The van der Waals surface area contributed by atoms with Crippen molar-refractivity contribution in [3.8, 4) is 0 Å². The zero-order valence-corrected chi connectivity index (χ0v) is 24.2. The third-order valence-corrected chi connectivity index (χ3v) is 9.66. The highest BCUT2D eigenvalue weighted by molar-refractivity contribution is 7.84. The fourth-order valence-electron chi connectivity index (χ4n) is 5.63.